The first-order valence-corrected chi connectivity index (χ1v) is 9.51. The lowest BCUT2D eigenvalue weighted by Gasteiger charge is -2.14. The van der Waals surface area contributed by atoms with Gasteiger partial charge in [-0.05, 0) is 41.8 Å². The van der Waals surface area contributed by atoms with E-state index in [1.54, 1.807) is 30.3 Å². The third kappa shape index (κ3) is 6.31. The van der Waals surface area contributed by atoms with E-state index in [0.29, 0.717) is 15.8 Å². The molecule has 0 radical (unpaired) electrons. The fourth-order valence-electron chi connectivity index (χ4n) is 2.38. The molecule has 0 aliphatic rings. The molecule has 1 unspecified atom stereocenters. The number of aromatic hydroxyl groups is 1. The van der Waals surface area contributed by atoms with Crippen molar-refractivity contribution in [1.29, 1.82) is 0 Å². The molecule has 0 aliphatic heterocycles. The second-order valence-electron chi connectivity index (χ2n) is 5.84. The van der Waals surface area contributed by atoms with Crippen LogP contribution in [0.1, 0.15) is 23.6 Å². The number of carboxylic acid groups (broad SMARTS) is 1. The first kappa shape index (κ1) is 21.4. The summed E-state index contributed by atoms with van der Waals surface area (Å²) in [5, 5.41) is 18.4. The summed E-state index contributed by atoms with van der Waals surface area (Å²) in [6, 6.07) is 9.88. The maximum absolute atomic E-state index is 12.1. The van der Waals surface area contributed by atoms with Crippen molar-refractivity contribution in [3.05, 3.63) is 58.1 Å². The average Bonchev–Trinajstić information content (AvgIpc) is 2.60. The van der Waals surface area contributed by atoms with Crippen LogP contribution < -0.4 is 14.8 Å². The van der Waals surface area contributed by atoms with E-state index < -0.39 is 24.0 Å². The summed E-state index contributed by atoms with van der Waals surface area (Å²) in [4.78, 5) is 23.1. The van der Waals surface area contributed by atoms with E-state index in [-0.39, 0.29) is 18.6 Å². The molecule has 0 saturated carbocycles. The summed E-state index contributed by atoms with van der Waals surface area (Å²) >= 11 is 6.25. The number of carbonyl (C=O) groups is 2. The van der Waals surface area contributed by atoms with Gasteiger partial charge in [0.05, 0.1) is 6.42 Å². The molecule has 2 rings (SSSR count). The van der Waals surface area contributed by atoms with Crippen LogP contribution in [0.5, 0.6) is 11.5 Å². The summed E-state index contributed by atoms with van der Waals surface area (Å²) in [6.45, 7) is 0. The van der Waals surface area contributed by atoms with Crippen LogP contribution in [-0.4, -0.2) is 28.2 Å². The molecule has 0 saturated heterocycles. The van der Waals surface area contributed by atoms with Crippen LogP contribution in [0.25, 0.3) is 0 Å². The highest BCUT2D eigenvalue weighted by Crippen LogP contribution is 2.28. The van der Waals surface area contributed by atoms with E-state index in [1.165, 1.54) is 12.1 Å². The minimum atomic E-state index is -0.975. The minimum absolute atomic E-state index is 0.0419. The van der Waals surface area contributed by atoms with Crippen molar-refractivity contribution < 1.29 is 24.5 Å². The van der Waals surface area contributed by atoms with Crippen molar-refractivity contribution >= 4 is 44.0 Å². The lowest BCUT2D eigenvalue weighted by Crippen LogP contribution is -2.32. The summed E-state index contributed by atoms with van der Waals surface area (Å²) in [6.07, 6.45) is 0.230. The molecule has 0 aliphatic carbocycles. The van der Waals surface area contributed by atoms with Gasteiger partial charge in [-0.3, -0.25) is 9.59 Å². The highest BCUT2D eigenvalue weighted by Gasteiger charge is 2.18. The Morgan fingerprint density at radius 2 is 1.85 bits per heavy atom. The van der Waals surface area contributed by atoms with Crippen molar-refractivity contribution in [1.82, 2.24) is 4.34 Å². The first-order valence-electron chi connectivity index (χ1n) is 7.92. The lowest BCUT2D eigenvalue weighted by molar-refractivity contribution is -0.139. The molecule has 9 heteroatoms. The summed E-state index contributed by atoms with van der Waals surface area (Å²) in [5.41, 5.74) is 7.50. The number of hydrogen-bond acceptors (Lipinski definition) is 6. The monoisotopic (exact) mass is 500 g/mol. The quantitative estimate of drug-likeness (QED) is 0.249. The number of carbonyl (C=O) groups excluding carboxylic acids is 1. The predicted octanol–water partition coefficient (Wildman–Crippen LogP) is 3.05. The molecule has 144 valence electrons. The number of phenolic OH excluding ortho intramolecular Hbond substituents is 1. The number of carboxylic acids is 1. The van der Waals surface area contributed by atoms with Gasteiger partial charge >= 0.3 is 11.9 Å². The molecule has 27 heavy (non-hydrogen) atoms. The number of phenols is 1. The van der Waals surface area contributed by atoms with Gasteiger partial charge in [-0.15, -0.1) is 0 Å². The van der Waals surface area contributed by atoms with Gasteiger partial charge in [0.1, 0.15) is 17.5 Å². The number of halogens is 2. The topological polar surface area (TPSA) is 122 Å². The van der Waals surface area contributed by atoms with E-state index in [9.17, 15) is 14.7 Å². The number of aliphatic carboxylic acids is 1. The van der Waals surface area contributed by atoms with Crippen LogP contribution in [0.4, 0.5) is 0 Å². The van der Waals surface area contributed by atoms with Crippen LogP contribution >= 0.6 is 32.1 Å². The zero-order valence-electron chi connectivity index (χ0n) is 14.1. The van der Waals surface area contributed by atoms with Gasteiger partial charge in [0.2, 0.25) is 0 Å². The molecule has 0 heterocycles. The third-order valence-electron chi connectivity index (χ3n) is 3.79. The molecule has 2 atom stereocenters. The molecule has 2 aromatic rings. The van der Waals surface area contributed by atoms with Crippen LogP contribution in [-0.2, 0) is 16.0 Å². The highest BCUT2D eigenvalue weighted by molar-refractivity contribution is 9.10. The number of ether oxygens (including phenoxy) is 1. The largest absolute Gasteiger partial charge is 0.508 e. The fraction of sp³-hybridized carbons (Fsp3) is 0.222. The van der Waals surface area contributed by atoms with Gasteiger partial charge in [0.15, 0.2) is 0 Å². The zero-order valence-corrected chi connectivity index (χ0v) is 17.2. The van der Waals surface area contributed by atoms with E-state index in [2.05, 4.69) is 36.4 Å². The molecule has 7 nitrogen and oxygen atoms in total. The molecule has 2 aromatic carbocycles. The van der Waals surface area contributed by atoms with E-state index in [1.807, 2.05) is 0 Å². The second kappa shape index (κ2) is 9.84. The zero-order chi connectivity index (χ0) is 20.0. The number of esters is 1. The Kier molecular flexibility index (Phi) is 7.78. The average molecular weight is 502 g/mol. The summed E-state index contributed by atoms with van der Waals surface area (Å²) < 4.78 is 8.43. The number of nitrogens with two attached hydrogens (primary N) is 1. The SMILES string of the molecule is NC(CC(=O)Oc1ccc(C[C@H](NBr)C(=O)O)cc1)c1ccc(O)cc1Br. The summed E-state index contributed by atoms with van der Waals surface area (Å²) in [7, 11) is 0. The Morgan fingerprint density at radius 1 is 1.19 bits per heavy atom. The number of rotatable bonds is 8. The molecule has 0 spiro atoms. The number of hydrogen-bond donors (Lipinski definition) is 4. The van der Waals surface area contributed by atoms with Crippen LogP contribution in [0.3, 0.4) is 0 Å². The second-order valence-corrected chi connectivity index (χ2v) is 7.15. The van der Waals surface area contributed by atoms with E-state index in [0.717, 1.165) is 5.56 Å². The highest BCUT2D eigenvalue weighted by atomic mass is 79.9. The standard InChI is InChI=1S/C18H18Br2N2O5/c19-14-8-11(23)3-6-13(14)15(21)9-17(24)27-12-4-1-10(2-5-12)7-16(22-20)18(25)26/h1-6,8,15-16,22-23H,7,9,21H2,(H,25,26)/t15?,16-/m0/s1. The minimum Gasteiger partial charge on any atom is -0.508 e. The molecule has 0 aromatic heterocycles. The molecule has 0 fully saturated rings. The van der Waals surface area contributed by atoms with Gasteiger partial charge in [0.25, 0.3) is 0 Å². The van der Waals surface area contributed by atoms with Gasteiger partial charge in [-0.1, -0.05) is 34.1 Å². The first-order chi connectivity index (χ1) is 12.8. The molecular weight excluding hydrogens is 484 g/mol. The fourth-order valence-corrected chi connectivity index (χ4v) is 3.40. The molecule has 5 N–H and O–H groups in total. The predicted molar refractivity (Wildman–Crippen MR) is 107 cm³/mol. The Hall–Kier alpha value is -1.94. The number of benzene rings is 2. The third-order valence-corrected chi connectivity index (χ3v) is 5.03. The Labute approximate surface area is 173 Å². The van der Waals surface area contributed by atoms with Crippen molar-refractivity contribution in [3.8, 4) is 11.5 Å². The Morgan fingerprint density at radius 3 is 2.41 bits per heavy atom. The van der Waals surface area contributed by atoms with Crippen LogP contribution in [0.15, 0.2) is 46.9 Å². The smallest absolute Gasteiger partial charge is 0.321 e. The van der Waals surface area contributed by atoms with Gasteiger partial charge in [0, 0.05) is 26.7 Å². The number of nitrogens with one attached hydrogen (secondary N) is 1. The molecule has 0 amide bonds. The van der Waals surface area contributed by atoms with Crippen LogP contribution in [0.2, 0.25) is 0 Å². The van der Waals surface area contributed by atoms with Gasteiger partial charge in [-0.25, -0.2) is 4.34 Å². The van der Waals surface area contributed by atoms with Crippen molar-refractivity contribution in [2.45, 2.75) is 24.9 Å². The Bertz CT molecular complexity index is 814. The Balaban J connectivity index is 1.94. The van der Waals surface area contributed by atoms with Gasteiger partial charge < -0.3 is 20.7 Å². The molecular formula is C18H18Br2N2O5. The van der Waals surface area contributed by atoms with Gasteiger partial charge in [-0.2, -0.15) is 0 Å². The lowest BCUT2D eigenvalue weighted by atomic mass is 10.0. The van der Waals surface area contributed by atoms with E-state index >= 15 is 0 Å². The van der Waals surface area contributed by atoms with Crippen molar-refractivity contribution in [2.75, 3.05) is 0 Å². The van der Waals surface area contributed by atoms with Crippen molar-refractivity contribution in [2.24, 2.45) is 5.73 Å². The molecule has 0 bridgehead atoms. The van der Waals surface area contributed by atoms with E-state index in [4.69, 9.17) is 15.6 Å². The summed E-state index contributed by atoms with van der Waals surface area (Å²) in [5.74, 6) is -1.03. The maximum atomic E-state index is 12.1. The normalized spacial score (nSPS) is 13.0. The van der Waals surface area contributed by atoms with Crippen LogP contribution in [0, 0.1) is 0 Å². The van der Waals surface area contributed by atoms with Crippen molar-refractivity contribution in [3.63, 3.8) is 0 Å². The maximum Gasteiger partial charge on any atom is 0.321 e.